The molecular formula is C26H21Cl2N3O5. The highest BCUT2D eigenvalue weighted by atomic mass is 35.5. The molecule has 5 rings (SSSR count). The fraction of sp³-hybridized carbons (Fsp3) is 0.192. The number of amides is 3. The summed E-state index contributed by atoms with van der Waals surface area (Å²) >= 11 is 12.4. The monoisotopic (exact) mass is 525 g/mol. The number of para-hydroxylation sites is 1. The first-order chi connectivity index (χ1) is 17.4. The third-order valence-corrected chi connectivity index (χ3v) is 6.85. The van der Waals surface area contributed by atoms with Crippen molar-refractivity contribution in [3.8, 4) is 11.5 Å². The Morgan fingerprint density at radius 2 is 1.81 bits per heavy atom. The molecule has 2 heterocycles. The minimum Gasteiger partial charge on any atom is -0.454 e. The number of rotatable bonds is 6. The molecule has 0 aromatic heterocycles. The molecule has 2 aliphatic rings. The minimum atomic E-state index is -0.614. The number of halogens is 2. The van der Waals surface area contributed by atoms with Gasteiger partial charge in [0.25, 0.3) is 5.91 Å². The number of hydrogen-bond donors (Lipinski definition) is 2. The number of hydrogen-bond acceptors (Lipinski definition) is 5. The van der Waals surface area contributed by atoms with Crippen molar-refractivity contribution in [2.45, 2.75) is 13.0 Å². The van der Waals surface area contributed by atoms with Gasteiger partial charge in [-0.2, -0.15) is 0 Å². The average Bonchev–Trinajstić information content (AvgIpc) is 3.50. The van der Waals surface area contributed by atoms with Gasteiger partial charge < -0.3 is 25.0 Å². The van der Waals surface area contributed by atoms with E-state index in [0.29, 0.717) is 33.5 Å². The Hall–Kier alpha value is -3.75. The SMILES string of the molecule is O=C(NCc1ccc2c(c1)OCO2)c1ccccc1NC(=O)[C@@H]1CC(=O)N(c2cccc(Cl)c2Cl)C1. The Morgan fingerprint density at radius 3 is 2.67 bits per heavy atom. The number of carbonyl (C=O) groups excluding carboxylic acids is 3. The van der Waals surface area contributed by atoms with E-state index in [1.165, 1.54) is 4.90 Å². The van der Waals surface area contributed by atoms with Gasteiger partial charge in [-0.1, -0.05) is 47.5 Å². The maximum Gasteiger partial charge on any atom is 0.253 e. The molecule has 3 aromatic rings. The molecule has 3 aromatic carbocycles. The zero-order valence-electron chi connectivity index (χ0n) is 18.9. The first-order valence-electron chi connectivity index (χ1n) is 11.2. The van der Waals surface area contributed by atoms with Gasteiger partial charge in [-0.05, 0) is 42.0 Å². The van der Waals surface area contributed by atoms with Crippen LogP contribution in [0.4, 0.5) is 11.4 Å². The molecule has 10 heteroatoms. The summed E-state index contributed by atoms with van der Waals surface area (Å²) in [6, 6.07) is 17.2. The number of fused-ring (bicyclic) bond motifs is 1. The predicted octanol–water partition coefficient (Wildman–Crippen LogP) is 4.64. The quantitative estimate of drug-likeness (QED) is 0.488. The van der Waals surface area contributed by atoms with Crippen LogP contribution in [0.15, 0.2) is 60.7 Å². The van der Waals surface area contributed by atoms with E-state index in [1.54, 1.807) is 48.5 Å². The predicted molar refractivity (Wildman–Crippen MR) is 136 cm³/mol. The molecular weight excluding hydrogens is 505 g/mol. The number of carbonyl (C=O) groups is 3. The summed E-state index contributed by atoms with van der Waals surface area (Å²) in [5, 5.41) is 6.26. The van der Waals surface area contributed by atoms with E-state index in [4.69, 9.17) is 32.7 Å². The largest absolute Gasteiger partial charge is 0.454 e. The van der Waals surface area contributed by atoms with E-state index in [9.17, 15) is 14.4 Å². The molecule has 0 saturated carbocycles. The molecule has 1 saturated heterocycles. The fourth-order valence-corrected chi connectivity index (χ4v) is 4.57. The van der Waals surface area contributed by atoms with Gasteiger partial charge in [0.1, 0.15) is 0 Å². The standard InChI is InChI=1S/C26H21Cl2N3O5/c27-18-5-3-7-20(24(18)28)31-13-16(11-23(31)32)25(33)30-19-6-2-1-4-17(19)26(34)29-12-15-8-9-21-22(10-15)36-14-35-21/h1-10,16H,11-14H2,(H,29,34)(H,30,33)/t16-/m1/s1. The van der Waals surface area contributed by atoms with Crippen LogP contribution in [0.1, 0.15) is 22.3 Å². The first-order valence-corrected chi connectivity index (χ1v) is 12.0. The first kappa shape index (κ1) is 24.0. The molecule has 3 amide bonds. The van der Waals surface area contributed by atoms with E-state index in [1.807, 2.05) is 12.1 Å². The van der Waals surface area contributed by atoms with Gasteiger partial charge in [0.05, 0.1) is 32.9 Å². The van der Waals surface area contributed by atoms with Crippen LogP contribution in [0.2, 0.25) is 10.0 Å². The van der Waals surface area contributed by atoms with Gasteiger partial charge in [-0.25, -0.2) is 0 Å². The highest BCUT2D eigenvalue weighted by Gasteiger charge is 2.36. The number of nitrogens with one attached hydrogen (secondary N) is 2. The van der Waals surface area contributed by atoms with Crippen LogP contribution in [0.3, 0.4) is 0 Å². The van der Waals surface area contributed by atoms with Crippen molar-refractivity contribution in [3.63, 3.8) is 0 Å². The zero-order chi connectivity index (χ0) is 25.2. The zero-order valence-corrected chi connectivity index (χ0v) is 20.4. The Balaban J connectivity index is 1.25. The summed E-state index contributed by atoms with van der Waals surface area (Å²) in [6.45, 7) is 0.599. The molecule has 36 heavy (non-hydrogen) atoms. The van der Waals surface area contributed by atoms with Crippen molar-refractivity contribution in [2.75, 3.05) is 23.6 Å². The molecule has 0 aliphatic carbocycles. The lowest BCUT2D eigenvalue weighted by atomic mass is 10.1. The molecule has 2 N–H and O–H groups in total. The lowest BCUT2D eigenvalue weighted by Crippen LogP contribution is -2.29. The summed E-state index contributed by atoms with van der Waals surface area (Å²) in [6.07, 6.45) is 0.0210. The Labute approximate surface area is 217 Å². The average molecular weight is 526 g/mol. The van der Waals surface area contributed by atoms with Crippen LogP contribution >= 0.6 is 23.2 Å². The topological polar surface area (TPSA) is 97.0 Å². The Kier molecular flexibility index (Phi) is 6.71. The number of nitrogens with zero attached hydrogens (tertiary/aromatic N) is 1. The van der Waals surface area contributed by atoms with Gasteiger partial charge >= 0.3 is 0 Å². The second-order valence-corrected chi connectivity index (χ2v) is 9.17. The van der Waals surface area contributed by atoms with Crippen molar-refractivity contribution in [3.05, 3.63) is 81.8 Å². The smallest absolute Gasteiger partial charge is 0.253 e. The second kappa shape index (κ2) is 10.1. The molecule has 2 aliphatic heterocycles. The Bertz CT molecular complexity index is 1360. The highest BCUT2D eigenvalue weighted by molar-refractivity contribution is 6.44. The van der Waals surface area contributed by atoms with Crippen molar-refractivity contribution in [2.24, 2.45) is 5.92 Å². The molecule has 0 bridgehead atoms. The van der Waals surface area contributed by atoms with Gasteiger partial charge in [0, 0.05) is 19.5 Å². The van der Waals surface area contributed by atoms with Crippen LogP contribution in [0.5, 0.6) is 11.5 Å². The summed E-state index contributed by atoms with van der Waals surface area (Å²) in [4.78, 5) is 40.1. The molecule has 0 radical (unpaired) electrons. The number of benzene rings is 3. The second-order valence-electron chi connectivity index (χ2n) is 8.38. The lowest BCUT2D eigenvalue weighted by molar-refractivity contribution is -0.122. The Morgan fingerprint density at radius 1 is 1.00 bits per heavy atom. The third-order valence-electron chi connectivity index (χ3n) is 6.04. The third kappa shape index (κ3) is 4.82. The van der Waals surface area contributed by atoms with Gasteiger partial charge in [0.15, 0.2) is 11.5 Å². The maximum atomic E-state index is 13.0. The van der Waals surface area contributed by atoms with Crippen LogP contribution in [0.25, 0.3) is 0 Å². The fourth-order valence-electron chi connectivity index (χ4n) is 4.17. The van der Waals surface area contributed by atoms with Crippen LogP contribution in [0, 0.1) is 5.92 Å². The maximum absolute atomic E-state index is 13.0. The minimum absolute atomic E-state index is 0.0210. The molecule has 184 valence electrons. The summed E-state index contributed by atoms with van der Waals surface area (Å²) in [7, 11) is 0. The van der Waals surface area contributed by atoms with Crippen LogP contribution in [-0.2, 0) is 16.1 Å². The molecule has 1 fully saturated rings. The van der Waals surface area contributed by atoms with Crippen molar-refractivity contribution in [1.29, 1.82) is 0 Å². The van der Waals surface area contributed by atoms with E-state index in [0.717, 1.165) is 5.56 Å². The van der Waals surface area contributed by atoms with Crippen molar-refractivity contribution >= 4 is 52.3 Å². The van der Waals surface area contributed by atoms with E-state index in [2.05, 4.69) is 10.6 Å². The molecule has 1 atom stereocenters. The van der Waals surface area contributed by atoms with Crippen molar-refractivity contribution < 1.29 is 23.9 Å². The highest BCUT2D eigenvalue weighted by Crippen LogP contribution is 2.36. The number of anilines is 2. The summed E-state index contributed by atoms with van der Waals surface area (Å²) in [5.41, 5.74) is 1.98. The molecule has 0 unspecified atom stereocenters. The lowest BCUT2D eigenvalue weighted by Gasteiger charge is -2.19. The van der Waals surface area contributed by atoms with Gasteiger partial charge in [0.2, 0.25) is 18.6 Å². The van der Waals surface area contributed by atoms with Crippen LogP contribution in [-0.4, -0.2) is 31.1 Å². The van der Waals surface area contributed by atoms with E-state index < -0.39 is 5.92 Å². The van der Waals surface area contributed by atoms with E-state index in [-0.39, 0.29) is 49.0 Å². The van der Waals surface area contributed by atoms with E-state index >= 15 is 0 Å². The summed E-state index contributed by atoms with van der Waals surface area (Å²) in [5.74, 6) is -0.252. The van der Waals surface area contributed by atoms with Gasteiger partial charge in [-0.15, -0.1) is 0 Å². The van der Waals surface area contributed by atoms with Crippen molar-refractivity contribution in [1.82, 2.24) is 5.32 Å². The molecule has 0 spiro atoms. The summed E-state index contributed by atoms with van der Waals surface area (Å²) < 4.78 is 10.7. The normalized spacial score (nSPS) is 16.2. The van der Waals surface area contributed by atoms with Gasteiger partial charge in [-0.3, -0.25) is 14.4 Å². The molecule has 8 nitrogen and oxygen atoms in total. The van der Waals surface area contributed by atoms with Crippen LogP contribution < -0.4 is 25.0 Å². The number of ether oxygens (including phenoxy) is 2.